The van der Waals surface area contributed by atoms with Gasteiger partial charge in [-0.15, -0.1) is 0 Å². The van der Waals surface area contributed by atoms with E-state index in [1.807, 2.05) is 55.5 Å². The van der Waals surface area contributed by atoms with Crippen molar-refractivity contribution in [3.63, 3.8) is 0 Å². The third-order valence-electron chi connectivity index (χ3n) is 4.84. The van der Waals surface area contributed by atoms with Crippen molar-refractivity contribution < 1.29 is 14.3 Å². The van der Waals surface area contributed by atoms with Gasteiger partial charge in [0, 0.05) is 17.6 Å². The van der Waals surface area contributed by atoms with Crippen molar-refractivity contribution in [2.45, 2.75) is 52.6 Å². The molecule has 0 unspecified atom stereocenters. The molecule has 6 heteroatoms. The second kappa shape index (κ2) is 10.6. The number of likely N-dealkylation sites (N-methyl/N-ethyl adjacent to an activating group) is 1. The molecule has 2 rings (SSSR count). The van der Waals surface area contributed by atoms with Gasteiger partial charge in [0.2, 0.25) is 5.91 Å². The van der Waals surface area contributed by atoms with Gasteiger partial charge in [0.1, 0.15) is 11.8 Å². The van der Waals surface area contributed by atoms with Gasteiger partial charge in [-0.25, -0.2) is 0 Å². The lowest BCUT2D eigenvalue weighted by Crippen LogP contribution is -2.49. The van der Waals surface area contributed by atoms with Crippen LogP contribution in [0.5, 0.6) is 5.75 Å². The fourth-order valence-corrected chi connectivity index (χ4v) is 3.46. The van der Waals surface area contributed by atoms with E-state index < -0.39 is 6.04 Å². The zero-order valence-corrected chi connectivity index (χ0v) is 20.0. The molecular formula is C24H31BrN2O3. The van der Waals surface area contributed by atoms with E-state index in [1.54, 1.807) is 11.8 Å². The Bertz CT molecular complexity index is 859. The van der Waals surface area contributed by atoms with Gasteiger partial charge in [0.05, 0.1) is 0 Å². The lowest BCUT2D eigenvalue weighted by molar-refractivity contribution is -0.142. The fraction of sp³-hybridized carbons (Fsp3) is 0.417. The summed E-state index contributed by atoms with van der Waals surface area (Å²) in [6.07, 6.45) is 0. The highest BCUT2D eigenvalue weighted by molar-refractivity contribution is 9.10. The maximum Gasteiger partial charge on any atom is 0.261 e. The Hall–Kier alpha value is -2.34. The minimum atomic E-state index is -0.608. The number of nitrogens with zero attached hydrogens (tertiary/aromatic N) is 1. The van der Waals surface area contributed by atoms with Crippen molar-refractivity contribution in [3.8, 4) is 5.75 Å². The van der Waals surface area contributed by atoms with Crippen LogP contribution in [0.2, 0.25) is 0 Å². The van der Waals surface area contributed by atoms with Gasteiger partial charge in [-0.05, 0) is 54.7 Å². The summed E-state index contributed by atoms with van der Waals surface area (Å²) in [5.41, 5.74) is 2.18. The number of amides is 2. The topological polar surface area (TPSA) is 58.6 Å². The third-order valence-corrected chi connectivity index (χ3v) is 5.34. The fourth-order valence-electron chi connectivity index (χ4n) is 3.02. The number of rotatable bonds is 8. The van der Waals surface area contributed by atoms with Crippen LogP contribution >= 0.6 is 15.9 Å². The highest BCUT2D eigenvalue weighted by Crippen LogP contribution is 2.24. The standard InChI is InChI=1S/C24H31BrN2O3/c1-6-26-23(29)17(2)27(15-18-8-7-9-20(25)14-18)22(28)16-30-21-12-10-19(11-13-21)24(3,4)5/h7-14,17H,6,15-16H2,1-5H3,(H,26,29)/t17-/m0/s1. The Morgan fingerprint density at radius 2 is 1.80 bits per heavy atom. The van der Waals surface area contributed by atoms with Gasteiger partial charge in [0.15, 0.2) is 6.61 Å². The molecule has 1 atom stereocenters. The smallest absolute Gasteiger partial charge is 0.261 e. The maximum atomic E-state index is 13.0. The summed E-state index contributed by atoms with van der Waals surface area (Å²) in [6, 6.07) is 14.9. The molecule has 0 bridgehead atoms. The first kappa shape index (κ1) is 23.9. The van der Waals surface area contributed by atoms with E-state index in [9.17, 15) is 9.59 Å². The molecule has 0 saturated heterocycles. The molecule has 0 aliphatic heterocycles. The van der Waals surface area contributed by atoms with E-state index in [1.165, 1.54) is 5.56 Å². The lowest BCUT2D eigenvalue weighted by atomic mass is 9.87. The molecule has 0 saturated carbocycles. The summed E-state index contributed by atoms with van der Waals surface area (Å²) in [4.78, 5) is 26.9. The number of carbonyl (C=O) groups excluding carboxylic acids is 2. The molecule has 0 aromatic heterocycles. The van der Waals surface area contributed by atoms with Gasteiger partial charge in [-0.3, -0.25) is 9.59 Å². The van der Waals surface area contributed by atoms with Crippen LogP contribution in [0.25, 0.3) is 0 Å². The predicted molar refractivity (Wildman–Crippen MR) is 123 cm³/mol. The Morgan fingerprint density at radius 1 is 1.13 bits per heavy atom. The first-order chi connectivity index (χ1) is 14.1. The quantitative estimate of drug-likeness (QED) is 0.603. The number of ether oxygens (including phenoxy) is 1. The molecule has 0 spiro atoms. The number of hydrogen-bond donors (Lipinski definition) is 1. The zero-order chi connectivity index (χ0) is 22.3. The summed E-state index contributed by atoms with van der Waals surface area (Å²) >= 11 is 3.45. The summed E-state index contributed by atoms with van der Waals surface area (Å²) in [5, 5.41) is 2.79. The Labute approximate surface area is 187 Å². The largest absolute Gasteiger partial charge is 0.484 e. The average molecular weight is 475 g/mol. The van der Waals surface area contributed by atoms with Crippen molar-refractivity contribution in [3.05, 3.63) is 64.1 Å². The molecule has 0 heterocycles. The van der Waals surface area contributed by atoms with Crippen LogP contribution in [0.1, 0.15) is 45.7 Å². The minimum Gasteiger partial charge on any atom is -0.484 e. The number of benzene rings is 2. The van der Waals surface area contributed by atoms with Crippen LogP contribution < -0.4 is 10.1 Å². The molecule has 5 nitrogen and oxygen atoms in total. The van der Waals surface area contributed by atoms with E-state index in [2.05, 4.69) is 42.0 Å². The maximum absolute atomic E-state index is 13.0. The van der Waals surface area contributed by atoms with Crippen LogP contribution in [0.3, 0.4) is 0 Å². The Kier molecular flexibility index (Phi) is 8.47. The minimum absolute atomic E-state index is 0.0528. The molecule has 1 N–H and O–H groups in total. The molecule has 2 aromatic rings. The molecule has 0 aliphatic carbocycles. The zero-order valence-electron chi connectivity index (χ0n) is 18.4. The van der Waals surface area contributed by atoms with Gasteiger partial charge < -0.3 is 15.0 Å². The molecule has 0 radical (unpaired) electrons. The van der Waals surface area contributed by atoms with Crippen molar-refractivity contribution >= 4 is 27.7 Å². The molecule has 2 amide bonds. The van der Waals surface area contributed by atoms with Gasteiger partial charge in [0.25, 0.3) is 5.91 Å². The van der Waals surface area contributed by atoms with Crippen LogP contribution in [-0.4, -0.2) is 35.9 Å². The number of carbonyl (C=O) groups is 2. The molecule has 30 heavy (non-hydrogen) atoms. The van der Waals surface area contributed by atoms with Gasteiger partial charge in [-0.1, -0.05) is 61.0 Å². The normalized spacial score (nSPS) is 12.2. The third kappa shape index (κ3) is 6.87. The SMILES string of the molecule is CCNC(=O)[C@H](C)N(Cc1cccc(Br)c1)C(=O)COc1ccc(C(C)(C)C)cc1. The second-order valence-electron chi connectivity index (χ2n) is 8.29. The van der Waals surface area contributed by atoms with Crippen molar-refractivity contribution in [1.29, 1.82) is 0 Å². The number of halogens is 1. The van der Waals surface area contributed by atoms with Gasteiger partial charge in [-0.2, -0.15) is 0 Å². The van der Waals surface area contributed by atoms with Crippen molar-refractivity contribution in [1.82, 2.24) is 10.2 Å². The first-order valence-corrected chi connectivity index (χ1v) is 11.0. The van der Waals surface area contributed by atoms with E-state index in [0.717, 1.165) is 10.0 Å². The number of nitrogens with one attached hydrogen (secondary N) is 1. The summed E-state index contributed by atoms with van der Waals surface area (Å²) in [5.74, 6) is 0.202. The summed E-state index contributed by atoms with van der Waals surface area (Å²) in [6.45, 7) is 10.7. The number of hydrogen-bond acceptors (Lipinski definition) is 3. The summed E-state index contributed by atoms with van der Waals surface area (Å²) < 4.78 is 6.66. The lowest BCUT2D eigenvalue weighted by Gasteiger charge is -2.28. The van der Waals surface area contributed by atoms with Crippen LogP contribution in [0.15, 0.2) is 53.0 Å². The molecule has 162 valence electrons. The summed E-state index contributed by atoms with van der Waals surface area (Å²) in [7, 11) is 0. The van der Waals surface area contributed by atoms with Gasteiger partial charge >= 0.3 is 0 Å². The Morgan fingerprint density at radius 3 is 2.37 bits per heavy atom. The molecule has 2 aromatic carbocycles. The van der Waals surface area contributed by atoms with Crippen LogP contribution in [-0.2, 0) is 21.5 Å². The highest BCUT2D eigenvalue weighted by Gasteiger charge is 2.26. The van der Waals surface area contributed by atoms with Crippen LogP contribution in [0.4, 0.5) is 0 Å². The van der Waals surface area contributed by atoms with Crippen molar-refractivity contribution in [2.75, 3.05) is 13.2 Å². The van der Waals surface area contributed by atoms with E-state index in [0.29, 0.717) is 18.8 Å². The predicted octanol–water partition coefficient (Wildman–Crippen LogP) is 4.68. The Balaban J connectivity index is 2.12. The van der Waals surface area contributed by atoms with Crippen molar-refractivity contribution in [2.24, 2.45) is 0 Å². The monoisotopic (exact) mass is 474 g/mol. The molecular weight excluding hydrogens is 444 g/mol. The highest BCUT2D eigenvalue weighted by atomic mass is 79.9. The first-order valence-electron chi connectivity index (χ1n) is 10.2. The van der Waals surface area contributed by atoms with Crippen LogP contribution in [0, 0.1) is 0 Å². The van der Waals surface area contributed by atoms with E-state index in [-0.39, 0.29) is 23.8 Å². The second-order valence-corrected chi connectivity index (χ2v) is 9.20. The van der Waals surface area contributed by atoms with E-state index in [4.69, 9.17) is 4.74 Å². The molecule has 0 aliphatic rings. The molecule has 0 fully saturated rings. The van der Waals surface area contributed by atoms with E-state index >= 15 is 0 Å². The average Bonchev–Trinajstić information content (AvgIpc) is 2.69.